The topological polar surface area (TPSA) is 51.1 Å². The zero-order valence-electron chi connectivity index (χ0n) is 7.85. The fourth-order valence-electron chi connectivity index (χ4n) is 1.01. The Morgan fingerprint density at radius 2 is 2.31 bits per heavy atom. The Labute approximate surface area is 76.6 Å². The predicted octanol–water partition coefficient (Wildman–Crippen LogP) is 0.337. The molecule has 0 amide bonds. The third-order valence-corrected chi connectivity index (χ3v) is 1.68. The van der Waals surface area contributed by atoms with Crippen molar-refractivity contribution in [3.8, 4) is 0 Å². The van der Waals surface area contributed by atoms with E-state index in [1.165, 1.54) is 12.2 Å². The number of hydroxylamine groups is 2. The first-order valence-corrected chi connectivity index (χ1v) is 3.85. The Morgan fingerprint density at radius 3 is 2.77 bits per heavy atom. The van der Waals surface area contributed by atoms with Crippen molar-refractivity contribution in [3.05, 3.63) is 12.3 Å². The number of ether oxygens (including phenoxy) is 1. The lowest BCUT2D eigenvalue weighted by molar-refractivity contribution is -0.133. The van der Waals surface area contributed by atoms with Crippen molar-refractivity contribution in [1.29, 1.82) is 0 Å². The molecule has 1 heterocycles. The summed E-state index contributed by atoms with van der Waals surface area (Å²) in [7, 11) is 2.87. The highest BCUT2D eigenvalue weighted by molar-refractivity contribution is 6.41. The summed E-state index contributed by atoms with van der Waals surface area (Å²) in [5.41, 5.74) is 0.309. The smallest absolute Gasteiger partial charge is 0.356 e. The van der Waals surface area contributed by atoms with Gasteiger partial charge in [0.05, 0.1) is 14.2 Å². The summed E-state index contributed by atoms with van der Waals surface area (Å²) in [6.45, 7) is 1.82. The third kappa shape index (κ3) is 2.06. The van der Waals surface area contributed by atoms with E-state index >= 15 is 0 Å². The molecule has 0 aliphatic carbocycles. The van der Waals surface area contributed by atoms with Gasteiger partial charge in [-0.05, 0) is 13.0 Å². The van der Waals surface area contributed by atoms with Gasteiger partial charge in [0.2, 0.25) is 0 Å². The van der Waals surface area contributed by atoms with Crippen LogP contribution in [0.2, 0.25) is 0 Å². The molecule has 0 aromatic heterocycles. The first kappa shape index (κ1) is 9.73. The molecule has 1 aliphatic rings. The Balaban J connectivity index is 2.73. The van der Waals surface area contributed by atoms with Crippen molar-refractivity contribution >= 4 is 11.7 Å². The summed E-state index contributed by atoms with van der Waals surface area (Å²) in [6.07, 6.45) is 2.99. The second-order valence-corrected chi connectivity index (χ2v) is 2.50. The fraction of sp³-hybridized carbons (Fsp3) is 0.500. The molecular formula is C8H12N2O3. The van der Waals surface area contributed by atoms with Crippen LogP contribution in [0.1, 0.15) is 6.92 Å². The highest BCUT2D eigenvalue weighted by Gasteiger charge is 2.18. The Kier molecular flexibility index (Phi) is 3.02. The van der Waals surface area contributed by atoms with E-state index in [0.29, 0.717) is 5.71 Å². The number of methoxy groups -OCH3 is 1. The fourth-order valence-corrected chi connectivity index (χ4v) is 1.01. The number of carbonyl (C=O) groups excluding carboxylic acids is 1. The molecule has 1 aliphatic heterocycles. The number of hydrogen-bond acceptors (Lipinski definition) is 5. The number of rotatable bonds is 2. The van der Waals surface area contributed by atoms with Crippen LogP contribution in [-0.4, -0.2) is 37.1 Å². The van der Waals surface area contributed by atoms with Crippen LogP contribution in [0.4, 0.5) is 0 Å². The number of esters is 1. The van der Waals surface area contributed by atoms with Crippen molar-refractivity contribution in [1.82, 2.24) is 5.06 Å². The van der Waals surface area contributed by atoms with Crippen LogP contribution in [-0.2, 0) is 14.4 Å². The molecule has 0 radical (unpaired) electrons. The molecule has 13 heavy (non-hydrogen) atoms. The summed E-state index contributed by atoms with van der Waals surface area (Å²) in [5, 5.41) is 1.53. The van der Waals surface area contributed by atoms with Crippen LogP contribution in [0.5, 0.6) is 0 Å². The van der Waals surface area contributed by atoms with Crippen LogP contribution < -0.4 is 0 Å². The van der Waals surface area contributed by atoms with E-state index in [1.54, 1.807) is 19.4 Å². The van der Waals surface area contributed by atoms with E-state index < -0.39 is 5.97 Å². The first-order valence-electron chi connectivity index (χ1n) is 3.85. The van der Waals surface area contributed by atoms with E-state index in [-0.39, 0.29) is 6.17 Å². The van der Waals surface area contributed by atoms with Crippen LogP contribution in [0.25, 0.3) is 0 Å². The number of carbonyl (C=O) groups is 1. The SMILES string of the molecule is COC(=O)C1=NC(C)N(OC)C=C1. The van der Waals surface area contributed by atoms with Crippen molar-refractivity contribution in [3.63, 3.8) is 0 Å². The van der Waals surface area contributed by atoms with Gasteiger partial charge >= 0.3 is 5.97 Å². The molecule has 0 saturated heterocycles. The van der Waals surface area contributed by atoms with Gasteiger partial charge in [0, 0.05) is 6.20 Å². The maximum Gasteiger partial charge on any atom is 0.356 e. The summed E-state index contributed by atoms with van der Waals surface area (Å²) in [4.78, 5) is 20.1. The molecule has 0 spiro atoms. The Morgan fingerprint density at radius 1 is 1.62 bits per heavy atom. The van der Waals surface area contributed by atoms with E-state index in [2.05, 4.69) is 9.73 Å². The number of hydrogen-bond donors (Lipinski definition) is 0. The molecule has 0 bridgehead atoms. The van der Waals surface area contributed by atoms with Crippen molar-refractivity contribution in [2.24, 2.45) is 4.99 Å². The average Bonchev–Trinajstić information content (AvgIpc) is 2.16. The highest BCUT2D eigenvalue weighted by Crippen LogP contribution is 2.08. The zero-order valence-corrected chi connectivity index (χ0v) is 7.85. The van der Waals surface area contributed by atoms with Gasteiger partial charge in [0.15, 0.2) is 0 Å². The van der Waals surface area contributed by atoms with Gasteiger partial charge in [0.25, 0.3) is 0 Å². The molecule has 72 valence electrons. The Bertz CT molecular complexity index is 260. The molecule has 0 N–H and O–H groups in total. The molecule has 0 aromatic rings. The van der Waals surface area contributed by atoms with E-state index in [1.807, 2.05) is 6.92 Å². The van der Waals surface area contributed by atoms with Crippen molar-refractivity contribution in [2.45, 2.75) is 13.1 Å². The zero-order chi connectivity index (χ0) is 9.84. The Hall–Kier alpha value is -1.36. The normalized spacial score (nSPS) is 21.3. The summed E-state index contributed by atoms with van der Waals surface area (Å²) >= 11 is 0. The van der Waals surface area contributed by atoms with E-state index in [9.17, 15) is 4.79 Å². The third-order valence-electron chi connectivity index (χ3n) is 1.68. The van der Waals surface area contributed by atoms with Gasteiger partial charge in [-0.1, -0.05) is 0 Å². The summed E-state index contributed by atoms with van der Waals surface area (Å²) in [6, 6.07) is 0. The van der Waals surface area contributed by atoms with E-state index in [4.69, 9.17) is 4.84 Å². The molecule has 1 atom stereocenters. The van der Waals surface area contributed by atoms with Crippen LogP contribution in [0.3, 0.4) is 0 Å². The first-order chi connectivity index (χ1) is 6.19. The molecule has 0 fully saturated rings. The molecule has 5 nitrogen and oxygen atoms in total. The van der Waals surface area contributed by atoms with Gasteiger partial charge < -0.3 is 4.74 Å². The maximum absolute atomic E-state index is 11.0. The molecule has 1 rings (SSSR count). The van der Waals surface area contributed by atoms with E-state index in [0.717, 1.165) is 0 Å². The average molecular weight is 184 g/mol. The largest absolute Gasteiger partial charge is 0.464 e. The summed E-state index contributed by atoms with van der Waals surface area (Å²) in [5.74, 6) is -0.432. The van der Waals surface area contributed by atoms with Crippen molar-refractivity contribution < 1.29 is 14.4 Å². The maximum atomic E-state index is 11.0. The molecule has 1 unspecified atom stereocenters. The van der Waals surface area contributed by atoms with Gasteiger partial charge in [-0.3, -0.25) is 9.83 Å². The van der Waals surface area contributed by atoms with Gasteiger partial charge in [-0.15, -0.1) is 0 Å². The standard InChI is InChI=1S/C8H12N2O3/c1-6-9-7(8(11)12-2)4-5-10(6)13-3/h4-6H,1-3H3. The highest BCUT2D eigenvalue weighted by atomic mass is 16.7. The predicted molar refractivity (Wildman–Crippen MR) is 46.9 cm³/mol. The quantitative estimate of drug-likeness (QED) is 0.580. The monoisotopic (exact) mass is 184 g/mol. The number of nitrogens with zero attached hydrogens (tertiary/aromatic N) is 2. The lowest BCUT2D eigenvalue weighted by Crippen LogP contribution is -2.31. The van der Waals surface area contributed by atoms with Crippen LogP contribution in [0.15, 0.2) is 17.3 Å². The minimum absolute atomic E-state index is 0.205. The minimum atomic E-state index is -0.432. The minimum Gasteiger partial charge on any atom is -0.464 e. The number of aliphatic imine (C=N–C) groups is 1. The molecule has 0 saturated carbocycles. The van der Waals surface area contributed by atoms with Gasteiger partial charge in [-0.25, -0.2) is 9.86 Å². The summed E-state index contributed by atoms with van der Waals surface area (Å²) < 4.78 is 4.53. The second-order valence-electron chi connectivity index (χ2n) is 2.50. The van der Waals surface area contributed by atoms with Gasteiger partial charge in [0.1, 0.15) is 11.9 Å². The lowest BCUT2D eigenvalue weighted by Gasteiger charge is -2.24. The van der Waals surface area contributed by atoms with Crippen LogP contribution in [0, 0.1) is 0 Å². The molecule has 5 heteroatoms. The van der Waals surface area contributed by atoms with Crippen molar-refractivity contribution in [2.75, 3.05) is 14.2 Å². The lowest BCUT2D eigenvalue weighted by atomic mass is 10.3. The molecular weight excluding hydrogens is 172 g/mol. The molecule has 0 aromatic carbocycles. The second kappa shape index (κ2) is 4.04. The van der Waals surface area contributed by atoms with Crippen LogP contribution >= 0.6 is 0 Å². The van der Waals surface area contributed by atoms with Gasteiger partial charge in [-0.2, -0.15) is 0 Å².